The van der Waals surface area contributed by atoms with Gasteiger partial charge in [-0.05, 0) is 36.5 Å². The maximum Gasteiger partial charge on any atom is 0.122 e. The van der Waals surface area contributed by atoms with E-state index in [1.54, 1.807) is 0 Å². The maximum atomic E-state index is 9.29. The average Bonchev–Trinajstić information content (AvgIpc) is 2.39. The summed E-state index contributed by atoms with van der Waals surface area (Å²) in [4.78, 5) is 0. The zero-order valence-electron chi connectivity index (χ0n) is 10.4. The van der Waals surface area contributed by atoms with Gasteiger partial charge >= 0.3 is 0 Å². The number of hydrogen-bond donors (Lipinski definition) is 2. The molecule has 0 spiro atoms. The average molecular weight is 235 g/mol. The van der Waals surface area contributed by atoms with Crippen molar-refractivity contribution in [3.8, 4) is 5.75 Å². The Hall–Kier alpha value is -1.06. The van der Waals surface area contributed by atoms with Crippen LogP contribution in [0, 0.1) is 5.92 Å². The smallest absolute Gasteiger partial charge is 0.122 e. The van der Waals surface area contributed by atoms with E-state index in [1.165, 1.54) is 5.56 Å². The van der Waals surface area contributed by atoms with Crippen LogP contribution in [0.5, 0.6) is 5.75 Å². The van der Waals surface area contributed by atoms with Crippen LogP contribution >= 0.6 is 0 Å². The summed E-state index contributed by atoms with van der Waals surface area (Å²) in [5, 5.41) is 9.29. The lowest BCUT2D eigenvalue weighted by Gasteiger charge is -2.23. The largest absolute Gasteiger partial charge is 0.493 e. The van der Waals surface area contributed by atoms with Crippen molar-refractivity contribution in [3.05, 3.63) is 29.3 Å². The van der Waals surface area contributed by atoms with Crippen LogP contribution in [0.1, 0.15) is 36.9 Å². The number of rotatable bonds is 4. The SMILES string of the molecule is CCC(CO)C(N)c1ccc2c(c1)CCCO2. The van der Waals surface area contributed by atoms with Crippen molar-refractivity contribution in [2.45, 2.75) is 32.2 Å². The van der Waals surface area contributed by atoms with E-state index in [4.69, 9.17) is 10.5 Å². The molecule has 1 heterocycles. The fourth-order valence-electron chi connectivity index (χ4n) is 2.36. The molecule has 0 amide bonds. The molecule has 2 atom stereocenters. The first kappa shape index (κ1) is 12.4. The van der Waals surface area contributed by atoms with Crippen LogP contribution in [-0.2, 0) is 6.42 Å². The van der Waals surface area contributed by atoms with Gasteiger partial charge in [0, 0.05) is 18.6 Å². The summed E-state index contributed by atoms with van der Waals surface area (Å²) in [5.41, 5.74) is 8.55. The van der Waals surface area contributed by atoms with Gasteiger partial charge in [-0.15, -0.1) is 0 Å². The van der Waals surface area contributed by atoms with Gasteiger partial charge in [-0.1, -0.05) is 19.1 Å². The van der Waals surface area contributed by atoms with Gasteiger partial charge in [0.1, 0.15) is 5.75 Å². The predicted molar refractivity (Wildman–Crippen MR) is 68.1 cm³/mol. The van der Waals surface area contributed by atoms with Crippen molar-refractivity contribution in [2.24, 2.45) is 11.7 Å². The molecule has 1 aliphatic heterocycles. The van der Waals surface area contributed by atoms with Gasteiger partial charge in [0.25, 0.3) is 0 Å². The zero-order valence-corrected chi connectivity index (χ0v) is 10.4. The van der Waals surface area contributed by atoms with Crippen LogP contribution in [0.4, 0.5) is 0 Å². The minimum absolute atomic E-state index is 0.0859. The van der Waals surface area contributed by atoms with Gasteiger partial charge in [0.15, 0.2) is 0 Å². The molecule has 94 valence electrons. The summed E-state index contributed by atoms with van der Waals surface area (Å²) in [5.74, 6) is 1.13. The molecule has 2 rings (SSSR count). The Labute approximate surface area is 103 Å². The van der Waals surface area contributed by atoms with Crippen molar-refractivity contribution in [3.63, 3.8) is 0 Å². The molecule has 1 aliphatic rings. The van der Waals surface area contributed by atoms with E-state index in [0.717, 1.165) is 37.2 Å². The summed E-state index contributed by atoms with van der Waals surface area (Å²) in [6, 6.07) is 6.08. The van der Waals surface area contributed by atoms with Crippen LogP contribution in [-0.4, -0.2) is 18.3 Å². The molecule has 3 N–H and O–H groups in total. The van der Waals surface area contributed by atoms with Crippen molar-refractivity contribution in [2.75, 3.05) is 13.2 Å². The topological polar surface area (TPSA) is 55.5 Å². The molecule has 0 saturated heterocycles. The molecular weight excluding hydrogens is 214 g/mol. The lowest BCUT2D eigenvalue weighted by molar-refractivity contribution is 0.200. The van der Waals surface area contributed by atoms with Crippen LogP contribution in [0.25, 0.3) is 0 Å². The zero-order chi connectivity index (χ0) is 12.3. The first-order chi connectivity index (χ1) is 8.26. The lowest BCUT2D eigenvalue weighted by Crippen LogP contribution is -2.24. The molecule has 1 aromatic rings. The third-order valence-corrected chi connectivity index (χ3v) is 3.58. The van der Waals surface area contributed by atoms with Crippen molar-refractivity contribution in [1.82, 2.24) is 0 Å². The highest BCUT2D eigenvalue weighted by Crippen LogP contribution is 2.30. The highest BCUT2D eigenvalue weighted by atomic mass is 16.5. The minimum Gasteiger partial charge on any atom is -0.493 e. The molecule has 3 heteroatoms. The highest BCUT2D eigenvalue weighted by Gasteiger charge is 2.19. The molecule has 0 radical (unpaired) electrons. The molecule has 0 aromatic heterocycles. The number of aliphatic hydroxyl groups is 1. The van der Waals surface area contributed by atoms with E-state index in [0.29, 0.717) is 0 Å². The van der Waals surface area contributed by atoms with Gasteiger partial charge in [0.2, 0.25) is 0 Å². The number of fused-ring (bicyclic) bond motifs is 1. The van der Waals surface area contributed by atoms with Gasteiger partial charge in [-0.3, -0.25) is 0 Å². The highest BCUT2D eigenvalue weighted by molar-refractivity contribution is 5.39. The quantitative estimate of drug-likeness (QED) is 0.839. The molecule has 0 bridgehead atoms. The molecule has 3 nitrogen and oxygen atoms in total. The Morgan fingerprint density at radius 3 is 3.00 bits per heavy atom. The molecule has 0 fully saturated rings. The second-order valence-corrected chi connectivity index (χ2v) is 4.70. The van der Waals surface area contributed by atoms with E-state index in [9.17, 15) is 5.11 Å². The molecular formula is C14H21NO2. The monoisotopic (exact) mass is 235 g/mol. The molecule has 0 saturated carbocycles. The predicted octanol–water partition coefficient (Wildman–Crippen LogP) is 2.03. The van der Waals surface area contributed by atoms with E-state index in [1.807, 2.05) is 12.1 Å². The van der Waals surface area contributed by atoms with Crippen LogP contribution in [0.3, 0.4) is 0 Å². The minimum atomic E-state index is -0.0859. The van der Waals surface area contributed by atoms with E-state index >= 15 is 0 Å². The Morgan fingerprint density at radius 1 is 1.47 bits per heavy atom. The Kier molecular flexibility index (Phi) is 4.02. The summed E-state index contributed by atoms with van der Waals surface area (Å²) in [6.07, 6.45) is 3.03. The van der Waals surface area contributed by atoms with Gasteiger partial charge in [-0.2, -0.15) is 0 Å². The number of benzene rings is 1. The fourth-order valence-corrected chi connectivity index (χ4v) is 2.36. The summed E-state index contributed by atoms with van der Waals surface area (Å²) < 4.78 is 5.58. The third kappa shape index (κ3) is 2.61. The molecule has 17 heavy (non-hydrogen) atoms. The summed E-state index contributed by atoms with van der Waals surface area (Å²) in [7, 11) is 0. The van der Waals surface area contributed by atoms with E-state index < -0.39 is 0 Å². The molecule has 0 aliphatic carbocycles. The number of aryl methyl sites for hydroxylation is 1. The third-order valence-electron chi connectivity index (χ3n) is 3.58. The van der Waals surface area contributed by atoms with Crippen LogP contribution < -0.4 is 10.5 Å². The number of nitrogens with two attached hydrogens (primary N) is 1. The van der Waals surface area contributed by atoms with Gasteiger partial charge in [0.05, 0.1) is 6.61 Å². The Morgan fingerprint density at radius 2 is 2.29 bits per heavy atom. The number of hydrogen-bond acceptors (Lipinski definition) is 3. The van der Waals surface area contributed by atoms with Crippen LogP contribution in [0.15, 0.2) is 18.2 Å². The molecule has 2 unspecified atom stereocenters. The number of aliphatic hydroxyl groups excluding tert-OH is 1. The molecule has 1 aromatic carbocycles. The van der Waals surface area contributed by atoms with E-state index in [-0.39, 0.29) is 18.6 Å². The normalized spacial score (nSPS) is 18.1. The van der Waals surface area contributed by atoms with E-state index in [2.05, 4.69) is 13.0 Å². The Bertz CT molecular complexity index is 374. The summed E-state index contributed by atoms with van der Waals surface area (Å²) >= 11 is 0. The van der Waals surface area contributed by atoms with Crippen molar-refractivity contribution >= 4 is 0 Å². The first-order valence-corrected chi connectivity index (χ1v) is 6.38. The Balaban J connectivity index is 2.21. The standard InChI is InChI=1S/C14H21NO2/c1-2-10(9-16)14(15)12-5-6-13-11(8-12)4-3-7-17-13/h5-6,8,10,14,16H,2-4,7,9,15H2,1H3. The number of ether oxygens (including phenoxy) is 1. The second kappa shape index (κ2) is 5.52. The van der Waals surface area contributed by atoms with Gasteiger partial charge in [-0.25, -0.2) is 0 Å². The second-order valence-electron chi connectivity index (χ2n) is 4.70. The summed E-state index contributed by atoms with van der Waals surface area (Å²) in [6.45, 7) is 3.01. The van der Waals surface area contributed by atoms with Gasteiger partial charge < -0.3 is 15.6 Å². The fraction of sp³-hybridized carbons (Fsp3) is 0.571. The van der Waals surface area contributed by atoms with Crippen LogP contribution in [0.2, 0.25) is 0 Å². The van der Waals surface area contributed by atoms with Crippen molar-refractivity contribution < 1.29 is 9.84 Å². The van der Waals surface area contributed by atoms with Crippen molar-refractivity contribution in [1.29, 1.82) is 0 Å². The first-order valence-electron chi connectivity index (χ1n) is 6.38. The lowest BCUT2D eigenvalue weighted by atomic mass is 9.90. The maximum absolute atomic E-state index is 9.29.